The van der Waals surface area contributed by atoms with Crippen molar-refractivity contribution in [3.05, 3.63) is 71.3 Å². The van der Waals surface area contributed by atoms with Gasteiger partial charge in [-0.1, -0.05) is 42.5 Å². The minimum absolute atomic E-state index is 0. The maximum absolute atomic E-state index is 11.7. The van der Waals surface area contributed by atoms with Crippen molar-refractivity contribution in [1.29, 1.82) is 0 Å². The number of rotatable bonds is 6. The Morgan fingerprint density at radius 3 is 2.29 bits per heavy atom. The summed E-state index contributed by atoms with van der Waals surface area (Å²) in [4.78, 5) is 14.0. The Labute approximate surface area is 151 Å². The number of nitrogens with zero attached hydrogens (tertiary/aromatic N) is 1. The summed E-state index contributed by atoms with van der Waals surface area (Å²) < 4.78 is 4.80. The van der Waals surface area contributed by atoms with Crippen LogP contribution in [-0.4, -0.2) is 30.6 Å². The quantitative estimate of drug-likeness (QED) is 0.728. The summed E-state index contributed by atoms with van der Waals surface area (Å²) in [5.41, 5.74) is 3.01. The molecule has 0 aliphatic carbocycles. The van der Waals surface area contributed by atoms with E-state index in [0.29, 0.717) is 5.56 Å². The lowest BCUT2D eigenvalue weighted by Crippen LogP contribution is -2.42. The molecule has 3 nitrogen and oxygen atoms in total. The van der Waals surface area contributed by atoms with Crippen molar-refractivity contribution in [1.82, 2.24) is 4.90 Å². The summed E-state index contributed by atoms with van der Waals surface area (Å²) in [6, 6.07) is 18.1. The van der Waals surface area contributed by atoms with E-state index in [1.807, 2.05) is 18.2 Å². The fourth-order valence-electron chi connectivity index (χ4n) is 2.63. The molecule has 24 heavy (non-hydrogen) atoms. The van der Waals surface area contributed by atoms with Crippen molar-refractivity contribution in [2.45, 2.75) is 32.4 Å². The number of hydrogen-bond donors (Lipinski definition) is 0. The van der Waals surface area contributed by atoms with Crippen molar-refractivity contribution in [3.8, 4) is 0 Å². The molecule has 0 radical (unpaired) electrons. The number of methoxy groups -OCH3 is 1. The Morgan fingerprint density at radius 2 is 1.67 bits per heavy atom. The lowest BCUT2D eigenvalue weighted by atomic mass is 9.92. The highest BCUT2D eigenvalue weighted by Gasteiger charge is 2.24. The lowest BCUT2D eigenvalue weighted by molar-refractivity contribution is 0.0600. The molecular formula is C20H26ClNO2. The molecule has 0 spiro atoms. The predicted molar refractivity (Wildman–Crippen MR) is 101 cm³/mol. The van der Waals surface area contributed by atoms with Crippen molar-refractivity contribution in [3.63, 3.8) is 0 Å². The molecule has 0 atom stereocenters. The van der Waals surface area contributed by atoms with Gasteiger partial charge >= 0.3 is 5.97 Å². The maximum Gasteiger partial charge on any atom is 0.337 e. The summed E-state index contributed by atoms with van der Waals surface area (Å²) in [7, 11) is 3.55. The molecule has 0 unspecified atom stereocenters. The third kappa shape index (κ3) is 5.36. The van der Waals surface area contributed by atoms with Crippen LogP contribution in [0.15, 0.2) is 54.6 Å². The van der Waals surface area contributed by atoms with Gasteiger partial charge in [-0.05, 0) is 50.6 Å². The zero-order valence-corrected chi connectivity index (χ0v) is 15.6. The van der Waals surface area contributed by atoms with Crippen LogP contribution in [0.3, 0.4) is 0 Å². The lowest BCUT2D eigenvalue weighted by Gasteiger charge is -2.36. The summed E-state index contributed by atoms with van der Waals surface area (Å²) in [5, 5.41) is 0. The zero-order valence-electron chi connectivity index (χ0n) is 14.8. The minimum atomic E-state index is -0.290. The monoisotopic (exact) mass is 347 g/mol. The molecule has 130 valence electrons. The first-order valence-electron chi connectivity index (χ1n) is 7.85. The molecule has 4 heteroatoms. The van der Waals surface area contributed by atoms with Gasteiger partial charge in [-0.15, -0.1) is 12.4 Å². The Kier molecular flexibility index (Phi) is 7.46. The maximum atomic E-state index is 11.7. The predicted octanol–water partition coefficient (Wildman–Crippen LogP) is 4.35. The van der Waals surface area contributed by atoms with E-state index in [9.17, 15) is 4.79 Å². The SMILES string of the molecule is COC(=O)c1cccc(CC(C)(C)N(C)Cc2ccccc2)c1.Cl. The molecule has 2 aromatic carbocycles. The average molecular weight is 348 g/mol. The van der Waals surface area contributed by atoms with E-state index in [0.717, 1.165) is 18.5 Å². The van der Waals surface area contributed by atoms with Crippen molar-refractivity contribution < 1.29 is 9.53 Å². The van der Waals surface area contributed by atoms with E-state index in [4.69, 9.17) is 4.74 Å². The molecule has 0 aromatic heterocycles. The van der Waals surface area contributed by atoms with Gasteiger partial charge in [0, 0.05) is 12.1 Å². The third-order valence-electron chi connectivity index (χ3n) is 4.28. The second-order valence-corrected chi connectivity index (χ2v) is 6.52. The highest BCUT2D eigenvalue weighted by molar-refractivity contribution is 5.89. The normalized spacial score (nSPS) is 11.0. The number of carbonyl (C=O) groups is 1. The first kappa shape index (κ1) is 20.2. The van der Waals surface area contributed by atoms with Gasteiger partial charge in [0.15, 0.2) is 0 Å². The largest absolute Gasteiger partial charge is 0.465 e. The Hall–Kier alpha value is -1.84. The molecular weight excluding hydrogens is 322 g/mol. The molecule has 0 fully saturated rings. The molecule has 2 aromatic rings. The number of benzene rings is 2. The van der Waals surface area contributed by atoms with Gasteiger partial charge in [-0.2, -0.15) is 0 Å². The number of likely N-dealkylation sites (N-methyl/N-ethyl adjacent to an activating group) is 1. The molecule has 0 saturated heterocycles. The van der Waals surface area contributed by atoms with Gasteiger partial charge in [0.1, 0.15) is 0 Å². The van der Waals surface area contributed by atoms with E-state index < -0.39 is 0 Å². The summed E-state index contributed by atoms with van der Waals surface area (Å²) in [6.07, 6.45) is 0.862. The molecule has 0 aliphatic rings. The van der Waals surface area contributed by atoms with E-state index in [-0.39, 0.29) is 23.9 Å². The zero-order chi connectivity index (χ0) is 16.9. The molecule has 0 heterocycles. The number of halogens is 1. The number of esters is 1. The smallest absolute Gasteiger partial charge is 0.337 e. The van der Waals surface area contributed by atoms with Crippen LogP contribution in [0.5, 0.6) is 0 Å². The van der Waals surface area contributed by atoms with Crippen LogP contribution < -0.4 is 0 Å². The van der Waals surface area contributed by atoms with Gasteiger partial charge in [-0.25, -0.2) is 4.79 Å². The summed E-state index contributed by atoms with van der Waals surface area (Å²) >= 11 is 0. The molecule has 0 N–H and O–H groups in total. The summed E-state index contributed by atoms with van der Waals surface area (Å²) in [6.45, 7) is 5.34. The molecule has 2 rings (SSSR count). The van der Waals surface area contributed by atoms with E-state index >= 15 is 0 Å². The Bertz CT molecular complexity index is 656. The second-order valence-electron chi connectivity index (χ2n) is 6.52. The number of ether oxygens (including phenoxy) is 1. The Balaban J connectivity index is 0.00000288. The van der Waals surface area contributed by atoms with Crippen LogP contribution in [0.4, 0.5) is 0 Å². The standard InChI is InChI=1S/C20H25NO2.ClH/c1-20(2,21(3)15-16-9-6-5-7-10-16)14-17-11-8-12-18(13-17)19(22)23-4;/h5-13H,14-15H2,1-4H3;1H. The van der Waals surface area contributed by atoms with Gasteiger partial charge in [0.05, 0.1) is 12.7 Å². The van der Waals surface area contributed by atoms with Crippen LogP contribution in [0, 0.1) is 0 Å². The van der Waals surface area contributed by atoms with Crippen LogP contribution in [-0.2, 0) is 17.7 Å². The molecule has 0 bridgehead atoms. The second kappa shape index (κ2) is 8.86. The highest BCUT2D eigenvalue weighted by atomic mass is 35.5. The van der Waals surface area contributed by atoms with Crippen LogP contribution in [0.2, 0.25) is 0 Å². The molecule has 0 saturated carbocycles. The Morgan fingerprint density at radius 1 is 1.04 bits per heavy atom. The fraction of sp³-hybridized carbons (Fsp3) is 0.350. The number of carbonyl (C=O) groups excluding carboxylic acids is 1. The van der Waals surface area contributed by atoms with Crippen molar-refractivity contribution >= 4 is 18.4 Å². The van der Waals surface area contributed by atoms with Gasteiger partial charge in [0.2, 0.25) is 0 Å². The highest BCUT2D eigenvalue weighted by Crippen LogP contribution is 2.22. The first-order valence-corrected chi connectivity index (χ1v) is 7.85. The molecule has 0 aliphatic heterocycles. The molecule has 0 amide bonds. The van der Waals surface area contributed by atoms with E-state index in [1.165, 1.54) is 12.7 Å². The van der Waals surface area contributed by atoms with Gasteiger partial charge in [0.25, 0.3) is 0 Å². The summed E-state index contributed by atoms with van der Waals surface area (Å²) in [5.74, 6) is -0.290. The van der Waals surface area contributed by atoms with Crippen LogP contribution in [0.1, 0.15) is 35.3 Å². The van der Waals surface area contributed by atoms with Gasteiger partial charge in [-0.3, -0.25) is 4.90 Å². The van der Waals surface area contributed by atoms with Crippen molar-refractivity contribution in [2.75, 3.05) is 14.2 Å². The minimum Gasteiger partial charge on any atom is -0.465 e. The number of hydrogen-bond acceptors (Lipinski definition) is 3. The van der Waals surface area contributed by atoms with Crippen LogP contribution >= 0.6 is 12.4 Å². The fourth-order valence-corrected chi connectivity index (χ4v) is 2.63. The van der Waals surface area contributed by atoms with Gasteiger partial charge < -0.3 is 4.74 Å². The van der Waals surface area contributed by atoms with E-state index in [1.54, 1.807) is 6.07 Å². The topological polar surface area (TPSA) is 29.5 Å². The van der Waals surface area contributed by atoms with E-state index in [2.05, 4.69) is 56.1 Å². The van der Waals surface area contributed by atoms with Crippen LogP contribution in [0.25, 0.3) is 0 Å². The average Bonchev–Trinajstić information content (AvgIpc) is 2.55. The first-order chi connectivity index (χ1) is 10.9. The van der Waals surface area contributed by atoms with Crippen molar-refractivity contribution in [2.24, 2.45) is 0 Å². The third-order valence-corrected chi connectivity index (χ3v) is 4.28.